The van der Waals surface area contributed by atoms with E-state index in [1.165, 1.54) is 23.1 Å². The Labute approximate surface area is 121 Å². The van der Waals surface area contributed by atoms with Gasteiger partial charge in [-0.25, -0.2) is 0 Å². The van der Waals surface area contributed by atoms with Crippen LogP contribution >= 0.6 is 0 Å². The third-order valence-electron chi connectivity index (χ3n) is 4.59. The van der Waals surface area contributed by atoms with E-state index in [2.05, 4.69) is 61.5 Å². The second kappa shape index (κ2) is 5.80. The molecule has 0 radical (unpaired) electrons. The van der Waals surface area contributed by atoms with Crippen molar-refractivity contribution >= 4 is 0 Å². The summed E-state index contributed by atoms with van der Waals surface area (Å²) in [6, 6.07) is 19.8. The van der Waals surface area contributed by atoms with Gasteiger partial charge in [-0.1, -0.05) is 60.2 Å². The summed E-state index contributed by atoms with van der Waals surface area (Å²) in [6.07, 6.45) is 2.42. The van der Waals surface area contributed by atoms with Crippen LogP contribution in [-0.2, 0) is 6.42 Å². The fourth-order valence-corrected chi connectivity index (χ4v) is 3.26. The van der Waals surface area contributed by atoms with Crippen molar-refractivity contribution in [3.05, 3.63) is 71.3 Å². The number of nitrogens with two attached hydrogens (primary N) is 1. The lowest BCUT2D eigenvalue weighted by Gasteiger charge is -2.15. The zero-order chi connectivity index (χ0) is 13.9. The van der Waals surface area contributed by atoms with Gasteiger partial charge in [0, 0.05) is 0 Å². The summed E-state index contributed by atoms with van der Waals surface area (Å²) in [5.74, 6) is 2.11. The summed E-state index contributed by atoms with van der Waals surface area (Å²) < 4.78 is 0. The minimum atomic E-state index is 0.614. The van der Waals surface area contributed by atoms with E-state index < -0.39 is 0 Å². The van der Waals surface area contributed by atoms with Gasteiger partial charge in [0.15, 0.2) is 0 Å². The maximum atomic E-state index is 6.03. The van der Waals surface area contributed by atoms with Crippen LogP contribution in [0.1, 0.15) is 29.0 Å². The number of aryl methyl sites for hydroxylation is 1. The van der Waals surface area contributed by atoms with Crippen molar-refractivity contribution in [2.45, 2.75) is 25.7 Å². The summed E-state index contributed by atoms with van der Waals surface area (Å²) in [5, 5.41) is 0. The highest BCUT2D eigenvalue weighted by Gasteiger charge is 2.42. The molecular weight excluding hydrogens is 242 g/mol. The first-order valence-corrected chi connectivity index (χ1v) is 7.58. The summed E-state index contributed by atoms with van der Waals surface area (Å²) >= 11 is 0. The molecule has 3 atom stereocenters. The predicted octanol–water partition coefficient (Wildman–Crippen LogP) is 3.92. The topological polar surface area (TPSA) is 26.0 Å². The summed E-state index contributed by atoms with van der Waals surface area (Å²) in [5.41, 5.74) is 10.3. The molecule has 0 saturated heterocycles. The molecule has 0 amide bonds. The van der Waals surface area contributed by atoms with Crippen molar-refractivity contribution in [1.29, 1.82) is 0 Å². The van der Waals surface area contributed by atoms with Gasteiger partial charge in [-0.2, -0.15) is 0 Å². The van der Waals surface area contributed by atoms with Crippen LogP contribution < -0.4 is 5.73 Å². The van der Waals surface area contributed by atoms with E-state index in [9.17, 15) is 0 Å². The quantitative estimate of drug-likeness (QED) is 0.871. The van der Waals surface area contributed by atoms with Crippen LogP contribution in [0.4, 0.5) is 0 Å². The van der Waals surface area contributed by atoms with Crippen LogP contribution in [0.15, 0.2) is 54.6 Å². The Hall–Kier alpha value is -1.60. The van der Waals surface area contributed by atoms with Crippen LogP contribution in [0.3, 0.4) is 0 Å². The molecule has 3 unspecified atom stereocenters. The molecule has 2 aromatic carbocycles. The summed E-state index contributed by atoms with van der Waals surface area (Å²) in [4.78, 5) is 0. The van der Waals surface area contributed by atoms with Gasteiger partial charge < -0.3 is 5.73 Å². The molecule has 3 rings (SSSR count). The molecule has 1 heteroatoms. The van der Waals surface area contributed by atoms with Crippen LogP contribution in [-0.4, -0.2) is 6.54 Å². The van der Waals surface area contributed by atoms with E-state index >= 15 is 0 Å². The fourth-order valence-electron chi connectivity index (χ4n) is 3.26. The Morgan fingerprint density at radius 3 is 2.40 bits per heavy atom. The van der Waals surface area contributed by atoms with Gasteiger partial charge in [-0.3, -0.25) is 0 Å². The van der Waals surface area contributed by atoms with Crippen molar-refractivity contribution < 1.29 is 0 Å². The monoisotopic (exact) mass is 265 g/mol. The van der Waals surface area contributed by atoms with E-state index in [-0.39, 0.29) is 0 Å². The lowest BCUT2D eigenvalue weighted by Crippen LogP contribution is -2.19. The molecule has 20 heavy (non-hydrogen) atoms. The molecule has 1 fully saturated rings. The largest absolute Gasteiger partial charge is 0.330 e. The molecule has 0 aromatic heterocycles. The van der Waals surface area contributed by atoms with Crippen molar-refractivity contribution in [2.75, 3.05) is 6.54 Å². The van der Waals surface area contributed by atoms with Crippen LogP contribution in [0.5, 0.6) is 0 Å². The third kappa shape index (κ3) is 2.94. The number of rotatable bonds is 5. The normalized spacial score (nSPS) is 22.5. The van der Waals surface area contributed by atoms with Gasteiger partial charge in [-0.05, 0) is 55.2 Å². The van der Waals surface area contributed by atoms with Crippen molar-refractivity contribution in [3.8, 4) is 0 Å². The second-order valence-corrected chi connectivity index (χ2v) is 6.10. The lowest BCUT2D eigenvalue weighted by molar-refractivity contribution is 0.461. The maximum absolute atomic E-state index is 6.03. The minimum Gasteiger partial charge on any atom is -0.330 e. The Morgan fingerprint density at radius 2 is 1.75 bits per heavy atom. The Balaban J connectivity index is 1.65. The smallest absolute Gasteiger partial charge is 0.00428 e. The molecule has 1 nitrogen and oxygen atoms in total. The van der Waals surface area contributed by atoms with E-state index in [1.807, 2.05) is 0 Å². The highest BCUT2D eigenvalue weighted by molar-refractivity contribution is 5.27. The molecule has 1 aliphatic rings. The molecule has 1 aliphatic carbocycles. The number of benzene rings is 2. The first kappa shape index (κ1) is 13.4. The number of hydrogen-bond acceptors (Lipinski definition) is 1. The molecule has 0 heterocycles. The zero-order valence-electron chi connectivity index (χ0n) is 12.1. The lowest BCUT2D eigenvalue weighted by atomic mass is 9.92. The van der Waals surface area contributed by atoms with Crippen LogP contribution in [0.2, 0.25) is 0 Å². The highest BCUT2D eigenvalue weighted by Crippen LogP contribution is 2.52. The van der Waals surface area contributed by atoms with Crippen molar-refractivity contribution in [1.82, 2.24) is 0 Å². The van der Waals surface area contributed by atoms with E-state index in [0.29, 0.717) is 5.92 Å². The van der Waals surface area contributed by atoms with Crippen LogP contribution in [0, 0.1) is 18.8 Å². The highest BCUT2D eigenvalue weighted by atomic mass is 14.6. The summed E-state index contributed by atoms with van der Waals surface area (Å²) in [7, 11) is 0. The third-order valence-corrected chi connectivity index (χ3v) is 4.59. The molecule has 0 bridgehead atoms. The fraction of sp³-hybridized carbons (Fsp3) is 0.368. The van der Waals surface area contributed by atoms with Gasteiger partial charge >= 0.3 is 0 Å². The average Bonchev–Trinajstić information content (AvgIpc) is 3.28. The number of hydrogen-bond donors (Lipinski definition) is 1. The van der Waals surface area contributed by atoms with Crippen molar-refractivity contribution in [2.24, 2.45) is 17.6 Å². The standard InChI is InChI=1S/C19H23N/c1-14-7-9-15(10-8-14)11-17(13-20)19-12-18(19)16-5-3-2-4-6-16/h2-10,17-19H,11-13,20H2,1H3. The average molecular weight is 265 g/mol. The van der Waals surface area contributed by atoms with E-state index in [4.69, 9.17) is 5.73 Å². The van der Waals surface area contributed by atoms with Crippen molar-refractivity contribution in [3.63, 3.8) is 0 Å². The first-order valence-electron chi connectivity index (χ1n) is 7.58. The predicted molar refractivity (Wildman–Crippen MR) is 84.7 cm³/mol. The Bertz CT molecular complexity index is 544. The molecular formula is C19H23N. The van der Waals surface area contributed by atoms with E-state index in [1.54, 1.807) is 0 Å². The minimum absolute atomic E-state index is 0.614. The second-order valence-electron chi connectivity index (χ2n) is 6.10. The SMILES string of the molecule is Cc1ccc(CC(CN)C2CC2c2ccccc2)cc1. The zero-order valence-corrected chi connectivity index (χ0v) is 12.1. The Kier molecular flexibility index (Phi) is 3.88. The van der Waals surface area contributed by atoms with Gasteiger partial charge in [0.1, 0.15) is 0 Å². The summed E-state index contributed by atoms with van der Waals surface area (Å²) in [6.45, 7) is 2.93. The molecule has 104 valence electrons. The van der Waals surface area contributed by atoms with Gasteiger partial charge in [0.2, 0.25) is 0 Å². The van der Waals surface area contributed by atoms with Gasteiger partial charge in [-0.15, -0.1) is 0 Å². The maximum Gasteiger partial charge on any atom is -0.00428 e. The Morgan fingerprint density at radius 1 is 1.05 bits per heavy atom. The van der Waals surface area contributed by atoms with E-state index in [0.717, 1.165) is 24.8 Å². The first-order chi connectivity index (χ1) is 9.78. The molecule has 1 saturated carbocycles. The molecule has 0 spiro atoms. The molecule has 2 N–H and O–H groups in total. The van der Waals surface area contributed by atoms with Gasteiger partial charge in [0.25, 0.3) is 0 Å². The van der Waals surface area contributed by atoms with Crippen LogP contribution in [0.25, 0.3) is 0 Å². The molecule has 2 aromatic rings. The van der Waals surface area contributed by atoms with Gasteiger partial charge in [0.05, 0.1) is 0 Å². The molecule has 0 aliphatic heterocycles.